The quantitative estimate of drug-likeness (QED) is 0.0889. The average Bonchev–Trinajstić information content (AvgIpc) is 1.13. The third-order valence-corrected chi connectivity index (χ3v) is 21.1. The standard InChI is InChI=1S/C78H64N2Si2/c1-81(2,3)59-43-39-57(40-44-59)79(73-37-21-29-55-27-13-15-33-63(55)73)75-51-71(65-35-19-17-31-61(65)53-23-9-7-10-24-53)67-48-50-70-76(80(58-41-45-60(46-42-58)82(4,5)6)74-38-22-30-56-28-14-16-34-64(56)74)52-72(68-47-49-69(75)77(67)78(68)70)66-36-20-18-32-62(66)54-25-11-8-12-26-54/h7-52H,1-6H3. The minimum Gasteiger partial charge on any atom is -0.309 e. The van der Waals surface area contributed by atoms with E-state index in [1.807, 2.05) is 0 Å². The first-order valence-electron chi connectivity index (χ1n) is 28.8. The van der Waals surface area contributed by atoms with Crippen molar-refractivity contribution in [3.05, 3.63) is 279 Å². The van der Waals surface area contributed by atoms with Crippen molar-refractivity contribution < 1.29 is 0 Å². The van der Waals surface area contributed by atoms with Crippen LogP contribution in [0, 0.1) is 0 Å². The van der Waals surface area contributed by atoms with Crippen LogP contribution in [0.3, 0.4) is 0 Å². The van der Waals surface area contributed by atoms with Gasteiger partial charge in [0.15, 0.2) is 0 Å². The Kier molecular flexibility index (Phi) is 12.6. The van der Waals surface area contributed by atoms with Crippen molar-refractivity contribution in [3.63, 3.8) is 0 Å². The molecule has 0 fully saturated rings. The minimum atomic E-state index is -1.64. The van der Waals surface area contributed by atoms with Crippen LogP contribution in [0.4, 0.5) is 34.1 Å². The Morgan fingerprint density at radius 2 is 0.561 bits per heavy atom. The van der Waals surface area contributed by atoms with Crippen molar-refractivity contribution in [2.75, 3.05) is 9.80 Å². The van der Waals surface area contributed by atoms with E-state index >= 15 is 0 Å². The van der Waals surface area contributed by atoms with E-state index < -0.39 is 16.1 Å². The van der Waals surface area contributed by atoms with Crippen LogP contribution < -0.4 is 20.2 Å². The fraction of sp³-hybridized carbons (Fsp3) is 0.0769. The summed E-state index contributed by atoms with van der Waals surface area (Å²) in [7, 11) is -3.29. The van der Waals surface area contributed by atoms with Gasteiger partial charge >= 0.3 is 0 Å². The number of fused-ring (bicyclic) bond motifs is 2. The second-order valence-corrected chi connectivity index (χ2v) is 34.2. The van der Waals surface area contributed by atoms with Gasteiger partial charge in [-0.25, -0.2) is 0 Å². The molecule has 394 valence electrons. The first-order chi connectivity index (χ1) is 40.0. The van der Waals surface area contributed by atoms with Crippen LogP contribution in [0.2, 0.25) is 39.3 Å². The maximum atomic E-state index is 2.56. The van der Waals surface area contributed by atoms with E-state index in [4.69, 9.17) is 0 Å². The molecule has 0 heterocycles. The Bertz CT molecular complexity index is 4380. The summed E-state index contributed by atoms with van der Waals surface area (Å²) in [4.78, 5) is 5.12. The molecule has 4 heteroatoms. The molecule has 0 saturated carbocycles. The van der Waals surface area contributed by atoms with E-state index in [1.54, 1.807) is 0 Å². The fourth-order valence-electron chi connectivity index (χ4n) is 12.8. The normalized spacial score (nSPS) is 12.0. The Hall–Kier alpha value is -9.33. The van der Waals surface area contributed by atoms with Crippen molar-refractivity contribution in [3.8, 4) is 44.5 Å². The molecule has 0 amide bonds. The highest BCUT2D eigenvalue weighted by Crippen LogP contribution is 2.54. The van der Waals surface area contributed by atoms with Gasteiger partial charge in [0.2, 0.25) is 0 Å². The molecule has 0 N–H and O–H groups in total. The van der Waals surface area contributed by atoms with E-state index in [0.29, 0.717) is 0 Å². The molecule has 0 aliphatic rings. The first-order valence-corrected chi connectivity index (χ1v) is 35.8. The molecule has 0 radical (unpaired) electrons. The van der Waals surface area contributed by atoms with Crippen LogP contribution in [0.15, 0.2) is 279 Å². The molecule has 0 aromatic heterocycles. The van der Waals surface area contributed by atoms with Crippen molar-refractivity contribution in [1.29, 1.82) is 0 Å². The van der Waals surface area contributed by atoms with Crippen LogP contribution >= 0.6 is 0 Å². The van der Waals surface area contributed by atoms with Crippen molar-refractivity contribution >= 4 is 115 Å². The third-order valence-electron chi connectivity index (χ3n) is 16.9. The highest BCUT2D eigenvalue weighted by molar-refractivity contribution is 6.89. The Labute approximate surface area is 484 Å². The van der Waals surface area contributed by atoms with Gasteiger partial charge in [-0.3, -0.25) is 0 Å². The van der Waals surface area contributed by atoms with Crippen LogP contribution in [-0.4, -0.2) is 16.1 Å². The lowest BCUT2D eigenvalue weighted by Crippen LogP contribution is -2.37. The van der Waals surface area contributed by atoms with Gasteiger partial charge in [-0.05, 0) is 115 Å². The second-order valence-electron chi connectivity index (χ2n) is 24.0. The zero-order valence-corrected chi connectivity index (χ0v) is 49.5. The SMILES string of the molecule is C[Si](C)(C)c1ccc(N(c2cccc3ccccc23)c2cc(-c3ccccc3-c3ccccc3)c3ccc4c(N(c5ccc([Si](C)(C)C)cc5)c5cccc6ccccc56)cc(-c5ccccc5-c5ccccc5)c5ccc2c3c54)cc1. The van der Waals surface area contributed by atoms with Gasteiger partial charge in [0, 0.05) is 43.7 Å². The average molecular weight is 1090 g/mol. The molecule has 0 aliphatic heterocycles. The summed E-state index contributed by atoms with van der Waals surface area (Å²) < 4.78 is 0. The predicted octanol–water partition coefficient (Wildman–Crippen LogP) is 21.6. The van der Waals surface area contributed by atoms with Gasteiger partial charge in [0.25, 0.3) is 0 Å². The molecule has 14 aromatic rings. The second kappa shape index (κ2) is 20.3. The van der Waals surface area contributed by atoms with E-state index in [9.17, 15) is 0 Å². The molecule has 0 saturated heterocycles. The molecular weight excluding hydrogens is 1020 g/mol. The van der Waals surface area contributed by atoms with Gasteiger partial charge in [-0.15, -0.1) is 0 Å². The topological polar surface area (TPSA) is 6.48 Å². The van der Waals surface area contributed by atoms with E-state index in [2.05, 4.69) is 328 Å². The fourth-order valence-corrected chi connectivity index (χ4v) is 15.1. The van der Waals surface area contributed by atoms with Gasteiger partial charge < -0.3 is 9.80 Å². The lowest BCUT2D eigenvalue weighted by molar-refractivity contribution is 1.31. The highest BCUT2D eigenvalue weighted by atomic mass is 28.3. The van der Waals surface area contributed by atoms with Crippen molar-refractivity contribution in [2.24, 2.45) is 0 Å². The maximum absolute atomic E-state index is 2.56. The molecule has 14 rings (SSSR count). The first kappa shape index (κ1) is 50.9. The smallest absolute Gasteiger partial charge is 0.0775 e. The summed E-state index contributed by atoms with van der Waals surface area (Å²) in [5, 5.41) is 14.9. The van der Waals surface area contributed by atoms with Gasteiger partial charge in [0.1, 0.15) is 0 Å². The molecule has 0 aliphatic carbocycles. The van der Waals surface area contributed by atoms with Crippen molar-refractivity contribution in [1.82, 2.24) is 0 Å². The molecule has 0 atom stereocenters. The van der Waals surface area contributed by atoms with E-state index in [-0.39, 0.29) is 0 Å². The van der Waals surface area contributed by atoms with Gasteiger partial charge in [0.05, 0.1) is 38.9 Å². The number of hydrogen-bond donors (Lipinski definition) is 0. The number of hydrogen-bond acceptors (Lipinski definition) is 2. The van der Waals surface area contributed by atoms with E-state index in [0.717, 1.165) is 34.1 Å². The van der Waals surface area contributed by atoms with Crippen LogP contribution in [-0.2, 0) is 0 Å². The summed E-state index contributed by atoms with van der Waals surface area (Å²) in [5.41, 5.74) is 16.3. The number of rotatable bonds is 12. The predicted molar refractivity (Wildman–Crippen MR) is 362 cm³/mol. The zero-order chi connectivity index (χ0) is 55.7. The van der Waals surface area contributed by atoms with Gasteiger partial charge in [-0.1, -0.05) is 280 Å². The lowest BCUT2D eigenvalue weighted by atomic mass is 9.83. The summed E-state index contributed by atoms with van der Waals surface area (Å²) in [6.07, 6.45) is 0. The summed E-state index contributed by atoms with van der Waals surface area (Å²) in [6.45, 7) is 14.6. The zero-order valence-electron chi connectivity index (χ0n) is 47.5. The summed E-state index contributed by atoms with van der Waals surface area (Å²) in [5.74, 6) is 0. The monoisotopic (exact) mass is 1080 g/mol. The number of benzene rings is 14. The van der Waals surface area contributed by atoms with E-state index in [1.165, 1.54) is 109 Å². The lowest BCUT2D eigenvalue weighted by Gasteiger charge is -2.32. The third kappa shape index (κ3) is 8.87. The molecule has 0 bridgehead atoms. The van der Waals surface area contributed by atoms with Crippen LogP contribution in [0.25, 0.3) is 98.4 Å². The Morgan fingerprint density at radius 1 is 0.232 bits per heavy atom. The van der Waals surface area contributed by atoms with Crippen molar-refractivity contribution in [2.45, 2.75) is 39.3 Å². The van der Waals surface area contributed by atoms with Gasteiger partial charge in [-0.2, -0.15) is 0 Å². The Morgan fingerprint density at radius 3 is 0.951 bits per heavy atom. The highest BCUT2D eigenvalue weighted by Gasteiger charge is 2.29. The number of anilines is 6. The summed E-state index contributed by atoms with van der Waals surface area (Å²) >= 11 is 0. The largest absolute Gasteiger partial charge is 0.309 e. The minimum absolute atomic E-state index is 1.12. The Balaban J connectivity index is 1.18. The van der Waals surface area contributed by atoms with Crippen LogP contribution in [0.1, 0.15) is 0 Å². The molecular formula is C78H64N2Si2. The molecule has 0 spiro atoms. The molecule has 82 heavy (non-hydrogen) atoms. The molecule has 0 unspecified atom stereocenters. The summed E-state index contributed by atoms with van der Waals surface area (Å²) in [6, 6.07) is 105. The maximum Gasteiger partial charge on any atom is 0.0775 e. The number of nitrogens with zero attached hydrogens (tertiary/aromatic N) is 2. The molecule has 14 aromatic carbocycles. The molecule has 2 nitrogen and oxygen atoms in total. The van der Waals surface area contributed by atoms with Crippen LogP contribution in [0.5, 0.6) is 0 Å².